The summed E-state index contributed by atoms with van der Waals surface area (Å²) in [4.78, 5) is 49.0. The number of unbranched alkanes of at least 4 members (excludes halogenated alkanes) is 1. The Morgan fingerprint density at radius 1 is 1.29 bits per heavy atom. The van der Waals surface area contributed by atoms with Crippen molar-refractivity contribution in [1.82, 2.24) is 14.7 Å². The van der Waals surface area contributed by atoms with Gasteiger partial charge in [0.1, 0.15) is 18.5 Å². The van der Waals surface area contributed by atoms with E-state index in [-0.39, 0.29) is 24.5 Å². The number of hydroxylamine groups is 2. The van der Waals surface area contributed by atoms with Gasteiger partial charge in [-0.2, -0.15) is 9.72 Å². The standard InChI is InChI=1S/C25H31FN4O5/c1-2-3-10-20(15-28(18-31)35-17-19-8-5-4-6-9-19)25(33)29-14-7-11-22(29)24(32)27-23-13-12-21(26)16-30(23)34/h4-6,8-9,12-13,16,18,20,22,34H,2-3,7,10-11,14-15,17H2,1H3/t20?,22-/m1/s1. The lowest BCUT2D eigenvalue weighted by molar-refractivity contribution is -0.183. The first-order valence-corrected chi connectivity index (χ1v) is 11.8. The summed E-state index contributed by atoms with van der Waals surface area (Å²) in [6.45, 7) is 2.66. The molecule has 10 heteroatoms. The van der Waals surface area contributed by atoms with Crippen LogP contribution in [0.25, 0.3) is 0 Å². The predicted molar refractivity (Wildman–Crippen MR) is 124 cm³/mol. The molecule has 1 N–H and O–H groups in total. The summed E-state index contributed by atoms with van der Waals surface area (Å²) in [5.41, 5.74) is 0.768. The molecule has 3 amide bonds. The van der Waals surface area contributed by atoms with Gasteiger partial charge in [-0.15, -0.1) is 0 Å². The van der Waals surface area contributed by atoms with Gasteiger partial charge in [-0.3, -0.25) is 19.2 Å². The smallest absolute Gasteiger partial charge is 0.270 e. The Balaban J connectivity index is 1.72. The summed E-state index contributed by atoms with van der Waals surface area (Å²) in [5, 5.41) is 10.9. The Morgan fingerprint density at radius 2 is 2.06 bits per heavy atom. The van der Waals surface area contributed by atoms with Gasteiger partial charge in [-0.05, 0) is 37.0 Å². The van der Waals surface area contributed by atoms with Crippen molar-refractivity contribution < 1.29 is 28.8 Å². The minimum Gasteiger partial charge on any atom is -0.427 e. The second-order valence-electron chi connectivity index (χ2n) is 8.49. The summed E-state index contributed by atoms with van der Waals surface area (Å²) in [7, 11) is 0. The monoisotopic (exact) mass is 486 g/mol. The van der Waals surface area contributed by atoms with Gasteiger partial charge in [-0.1, -0.05) is 50.1 Å². The molecule has 0 radical (unpaired) electrons. The number of halogens is 1. The third kappa shape index (κ3) is 7.22. The highest BCUT2D eigenvalue weighted by Crippen LogP contribution is 2.24. The Kier molecular flexibility index (Phi) is 9.54. The number of hydrogen-bond donors (Lipinski definition) is 1. The van der Waals surface area contributed by atoms with Crippen molar-refractivity contribution in [3.8, 4) is 0 Å². The fourth-order valence-electron chi connectivity index (χ4n) is 4.07. The lowest BCUT2D eigenvalue weighted by Crippen LogP contribution is -2.46. The molecule has 2 atom stereocenters. The number of carbonyl (C=O) groups is 3. The van der Waals surface area contributed by atoms with E-state index in [1.807, 2.05) is 37.3 Å². The Bertz CT molecular complexity index is 1080. The zero-order valence-corrected chi connectivity index (χ0v) is 19.8. The van der Waals surface area contributed by atoms with Gasteiger partial charge >= 0.3 is 0 Å². The molecule has 35 heavy (non-hydrogen) atoms. The summed E-state index contributed by atoms with van der Waals surface area (Å²) >= 11 is 0. The van der Waals surface area contributed by atoms with Gasteiger partial charge in [-0.25, -0.2) is 9.45 Å². The Morgan fingerprint density at radius 3 is 2.74 bits per heavy atom. The molecular formula is C25H31FN4O5. The van der Waals surface area contributed by atoms with Crippen LogP contribution in [-0.2, 0) is 25.8 Å². The molecule has 9 nitrogen and oxygen atoms in total. The van der Waals surface area contributed by atoms with Crippen molar-refractivity contribution in [2.24, 2.45) is 10.9 Å². The van der Waals surface area contributed by atoms with Crippen LogP contribution in [0.1, 0.15) is 44.6 Å². The highest BCUT2D eigenvalue weighted by molar-refractivity contribution is 5.89. The summed E-state index contributed by atoms with van der Waals surface area (Å²) < 4.78 is 13.7. The normalized spacial score (nSPS) is 16.8. The van der Waals surface area contributed by atoms with Crippen molar-refractivity contribution >= 4 is 18.2 Å². The first kappa shape index (κ1) is 26.1. The van der Waals surface area contributed by atoms with Crippen LogP contribution in [-0.4, -0.2) is 57.3 Å². The van der Waals surface area contributed by atoms with E-state index in [4.69, 9.17) is 4.84 Å². The second kappa shape index (κ2) is 12.8. The van der Waals surface area contributed by atoms with Crippen LogP contribution in [0.3, 0.4) is 0 Å². The summed E-state index contributed by atoms with van der Waals surface area (Å²) in [5.74, 6) is -2.05. The lowest BCUT2D eigenvalue weighted by Gasteiger charge is -2.29. The first-order chi connectivity index (χ1) is 16.9. The van der Waals surface area contributed by atoms with Crippen molar-refractivity contribution in [3.05, 3.63) is 65.5 Å². The number of pyridine rings is 1. The topological polar surface area (TPSA) is 104 Å². The minimum absolute atomic E-state index is 0.0678. The average Bonchev–Trinajstić information content (AvgIpc) is 3.36. The highest BCUT2D eigenvalue weighted by Gasteiger charge is 2.37. The van der Waals surface area contributed by atoms with Crippen LogP contribution in [0.4, 0.5) is 4.39 Å². The number of hydrogen-bond acceptors (Lipinski definition) is 5. The van der Waals surface area contributed by atoms with Gasteiger partial charge in [0.2, 0.25) is 12.3 Å². The number of rotatable bonds is 11. The second-order valence-corrected chi connectivity index (χ2v) is 8.49. The number of benzene rings is 1. The molecule has 188 valence electrons. The lowest BCUT2D eigenvalue weighted by atomic mass is 9.99. The summed E-state index contributed by atoms with van der Waals surface area (Å²) in [6.07, 6.45) is 4.61. The van der Waals surface area contributed by atoms with Gasteiger partial charge in [0, 0.05) is 6.54 Å². The number of carbonyl (C=O) groups excluding carboxylic acids is 3. The molecule has 0 saturated carbocycles. The zero-order valence-electron chi connectivity index (χ0n) is 19.8. The SMILES string of the molecule is CCCCC(CN(C=O)OCc1ccccc1)C(=O)N1CCC[C@@H]1C(=O)N=c1ccc(F)cn1O. The van der Waals surface area contributed by atoms with Crippen LogP contribution >= 0.6 is 0 Å². The van der Waals surface area contributed by atoms with Gasteiger partial charge in [0.25, 0.3) is 5.91 Å². The predicted octanol–water partition coefficient (Wildman–Crippen LogP) is 2.68. The largest absolute Gasteiger partial charge is 0.427 e. The van der Waals surface area contributed by atoms with E-state index in [2.05, 4.69) is 4.99 Å². The van der Waals surface area contributed by atoms with E-state index in [1.54, 1.807) is 0 Å². The van der Waals surface area contributed by atoms with Crippen LogP contribution in [0.5, 0.6) is 0 Å². The van der Waals surface area contributed by atoms with Crippen LogP contribution in [0.15, 0.2) is 53.7 Å². The molecule has 2 heterocycles. The molecule has 3 rings (SSSR count). The minimum atomic E-state index is -0.786. The molecule has 1 unspecified atom stereocenters. The van der Waals surface area contributed by atoms with E-state index >= 15 is 0 Å². The molecule has 1 aliphatic heterocycles. The molecule has 1 saturated heterocycles. The molecule has 2 aromatic rings. The van der Waals surface area contributed by atoms with Crippen LogP contribution < -0.4 is 5.49 Å². The third-order valence-electron chi connectivity index (χ3n) is 5.93. The van der Waals surface area contributed by atoms with E-state index in [0.717, 1.165) is 35.7 Å². The highest BCUT2D eigenvalue weighted by atomic mass is 19.1. The number of aromatic nitrogens is 1. The molecule has 1 fully saturated rings. The Hall–Kier alpha value is -3.53. The Labute approximate surface area is 203 Å². The fraction of sp³-hybridized carbons (Fsp3) is 0.440. The average molecular weight is 487 g/mol. The fourth-order valence-corrected chi connectivity index (χ4v) is 4.07. The maximum absolute atomic E-state index is 13.5. The van der Waals surface area contributed by atoms with Crippen molar-refractivity contribution in [2.75, 3.05) is 13.1 Å². The van der Waals surface area contributed by atoms with Crippen LogP contribution in [0, 0.1) is 11.7 Å². The van der Waals surface area contributed by atoms with Gasteiger partial charge < -0.3 is 10.1 Å². The van der Waals surface area contributed by atoms with Crippen molar-refractivity contribution in [1.29, 1.82) is 0 Å². The molecule has 1 aromatic carbocycles. The van der Waals surface area contributed by atoms with E-state index in [9.17, 15) is 24.0 Å². The maximum atomic E-state index is 13.5. The maximum Gasteiger partial charge on any atom is 0.270 e. The van der Waals surface area contributed by atoms with Crippen molar-refractivity contribution in [2.45, 2.75) is 51.7 Å². The quantitative estimate of drug-likeness (QED) is 0.299. The van der Waals surface area contributed by atoms with E-state index in [0.29, 0.717) is 36.9 Å². The third-order valence-corrected chi connectivity index (χ3v) is 5.93. The van der Waals surface area contributed by atoms with E-state index < -0.39 is 23.7 Å². The van der Waals surface area contributed by atoms with Crippen LogP contribution in [0.2, 0.25) is 0 Å². The molecule has 1 aromatic heterocycles. The molecule has 0 aliphatic carbocycles. The molecule has 0 spiro atoms. The van der Waals surface area contributed by atoms with Gasteiger partial charge in [0.05, 0.1) is 18.7 Å². The summed E-state index contributed by atoms with van der Waals surface area (Å²) in [6, 6.07) is 10.9. The molecule has 0 bridgehead atoms. The number of nitrogens with zero attached hydrogens (tertiary/aromatic N) is 4. The van der Waals surface area contributed by atoms with Crippen molar-refractivity contribution in [3.63, 3.8) is 0 Å². The van der Waals surface area contributed by atoms with Gasteiger partial charge in [0.15, 0.2) is 5.49 Å². The molecular weight excluding hydrogens is 455 g/mol. The first-order valence-electron chi connectivity index (χ1n) is 11.8. The zero-order chi connectivity index (χ0) is 25.2. The number of amides is 3. The van der Waals surface area contributed by atoms with E-state index in [1.165, 1.54) is 11.0 Å². The molecule has 1 aliphatic rings. The number of likely N-dealkylation sites (tertiary alicyclic amines) is 1.